The SMILES string of the molecule is Cn1nc(C(C)(C)C)cc1-c1coc(C(C)(C)Sc2ccc(F)cc2)n1. The first-order valence-corrected chi connectivity index (χ1v) is 9.33. The molecule has 0 aliphatic carbocycles. The highest BCUT2D eigenvalue weighted by molar-refractivity contribution is 8.00. The van der Waals surface area contributed by atoms with Crippen molar-refractivity contribution in [1.82, 2.24) is 14.8 Å². The Bertz CT molecular complexity index is 904. The highest BCUT2D eigenvalue weighted by Gasteiger charge is 2.29. The fourth-order valence-corrected chi connectivity index (χ4v) is 3.62. The van der Waals surface area contributed by atoms with Gasteiger partial charge in [-0.1, -0.05) is 20.8 Å². The molecule has 2 heterocycles. The number of aryl methyl sites for hydroxylation is 1. The maximum absolute atomic E-state index is 13.1. The molecule has 0 atom stereocenters. The van der Waals surface area contributed by atoms with Crippen LogP contribution >= 0.6 is 11.8 Å². The van der Waals surface area contributed by atoms with Gasteiger partial charge in [-0.2, -0.15) is 5.10 Å². The van der Waals surface area contributed by atoms with E-state index in [0.29, 0.717) is 5.89 Å². The molecule has 2 aromatic heterocycles. The van der Waals surface area contributed by atoms with E-state index >= 15 is 0 Å². The van der Waals surface area contributed by atoms with Gasteiger partial charge in [-0.05, 0) is 44.2 Å². The van der Waals surface area contributed by atoms with Gasteiger partial charge >= 0.3 is 0 Å². The summed E-state index contributed by atoms with van der Waals surface area (Å²) in [4.78, 5) is 5.66. The standard InChI is InChI=1S/C20H24FN3OS/c1-19(2,3)17-11-16(24(6)23-17)15-12-25-18(22-15)20(4,5)26-14-9-7-13(21)8-10-14/h7-12H,1-6H3. The zero-order chi connectivity index (χ0) is 19.1. The number of hydrogen-bond acceptors (Lipinski definition) is 4. The second kappa shape index (κ2) is 6.58. The lowest BCUT2D eigenvalue weighted by atomic mass is 9.92. The third-order valence-corrected chi connectivity index (χ3v) is 5.31. The molecule has 0 radical (unpaired) electrons. The number of benzene rings is 1. The summed E-state index contributed by atoms with van der Waals surface area (Å²) in [6.45, 7) is 10.5. The van der Waals surface area contributed by atoms with E-state index in [-0.39, 0.29) is 16.0 Å². The van der Waals surface area contributed by atoms with Crippen molar-refractivity contribution in [2.24, 2.45) is 7.05 Å². The van der Waals surface area contributed by atoms with E-state index in [1.165, 1.54) is 12.1 Å². The molecule has 0 saturated carbocycles. The van der Waals surface area contributed by atoms with Crippen LogP contribution in [0.3, 0.4) is 0 Å². The molecule has 0 amide bonds. The summed E-state index contributed by atoms with van der Waals surface area (Å²) < 4.78 is 20.3. The van der Waals surface area contributed by atoms with Crippen LogP contribution < -0.4 is 0 Å². The zero-order valence-corrected chi connectivity index (χ0v) is 16.8. The minimum atomic E-state index is -0.387. The third kappa shape index (κ3) is 3.85. The quantitative estimate of drug-likeness (QED) is 0.563. The normalized spacial score (nSPS) is 12.6. The van der Waals surface area contributed by atoms with E-state index < -0.39 is 0 Å². The van der Waals surface area contributed by atoms with Crippen LogP contribution in [0.25, 0.3) is 11.4 Å². The second-order valence-electron chi connectivity index (χ2n) is 7.89. The molecule has 0 aliphatic rings. The summed E-state index contributed by atoms with van der Waals surface area (Å²) >= 11 is 1.58. The van der Waals surface area contributed by atoms with Crippen LogP contribution in [0.5, 0.6) is 0 Å². The molecule has 0 spiro atoms. The van der Waals surface area contributed by atoms with Crippen LogP contribution in [-0.2, 0) is 17.2 Å². The third-order valence-electron chi connectivity index (χ3n) is 4.12. The van der Waals surface area contributed by atoms with Gasteiger partial charge in [-0.3, -0.25) is 4.68 Å². The molecule has 1 aromatic carbocycles. The Morgan fingerprint density at radius 2 is 1.73 bits per heavy atom. The Morgan fingerprint density at radius 3 is 2.31 bits per heavy atom. The number of rotatable bonds is 4. The van der Waals surface area contributed by atoms with Crippen molar-refractivity contribution in [3.05, 3.63) is 54.0 Å². The van der Waals surface area contributed by atoms with Crippen LogP contribution in [-0.4, -0.2) is 14.8 Å². The molecule has 3 rings (SSSR count). The smallest absolute Gasteiger partial charge is 0.210 e. The maximum atomic E-state index is 13.1. The lowest BCUT2D eigenvalue weighted by Crippen LogP contribution is -2.12. The Morgan fingerprint density at radius 1 is 1.08 bits per heavy atom. The molecular weight excluding hydrogens is 349 g/mol. The molecule has 0 unspecified atom stereocenters. The van der Waals surface area contributed by atoms with E-state index in [0.717, 1.165) is 22.0 Å². The Hall–Kier alpha value is -2.08. The minimum absolute atomic E-state index is 0.0275. The van der Waals surface area contributed by atoms with Gasteiger partial charge in [0.15, 0.2) is 0 Å². The fraction of sp³-hybridized carbons (Fsp3) is 0.400. The first kappa shape index (κ1) is 18.7. The van der Waals surface area contributed by atoms with E-state index in [9.17, 15) is 4.39 Å². The Labute approximate surface area is 157 Å². The topological polar surface area (TPSA) is 43.9 Å². The largest absolute Gasteiger partial charge is 0.447 e. The van der Waals surface area contributed by atoms with Gasteiger partial charge in [0.1, 0.15) is 17.8 Å². The lowest BCUT2D eigenvalue weighted by molar-refractivity contribution is 0.452. The molecule has 6 heteroatoms. The van der Waals surface area contributed by atoms with Crippen molar-refractivity contribution >= 4 is 11.8 Å². The van der Waals surface area contributed by atoms with Gasteiger partial charge in [-0.15, -0.1) is 11.8 Å². The molecule has 0 saturated heterocycles. The molecule has 0 fully saturated rings. The summed E-state index contributed by atoms with van der Waals surface area (Å²) in [5, 5.41) is 4.60. The van der Waals surface area contributed by atoms with E-state index in [4.69, 9.17) is 9.40 Å². The van der Waals surface area contributed by atoms with Crippen molar-refractivity contribution in [2.75, 3.05) is 0 Å². The van der Waals surface area contributed by atoms with Crippen LogP contribution in [0.4, 0.5) is 4.39 Å². The molecular formula is C20H24FN3OS. The summed E-state index contributed by atoms with van der Waals surface area (Å²) in [6, 6.07) is 8.51. The number of halogens is 1. The predicted molar refractivity (Wildman–Crippen MR) is 103 cm³/mol. The Balaban J connectivity index is 1.87. The van der Waals surface area contributed by atoms with E-state index in [2.05, 4.69) is 31.9 Å². The second-order valence-corrected chi connectivity index (χ2v) is 9.59. The number of thioether (sulfide) groups is 1. The highest BCUT2D eigenvalue weighted by atomic mass is 32.2. The minimum Gasteiger partial charge on any atom is -0.447 e. The van der Waals surface area contributed by atoms with Crippen LogP contribution in [0, 0.1) is 5.82 Å². The maximum Gasteiger partial charge on any atom is 0.210 e. The number of nitrogens with zero attached hydrogens (tertiary/aromatic N) is 3. The monoisotopic (exact) mass is 373 g/mol. The van der Waals surface area contributed by atoms with Gasteiger partial charge in [0.25, 0.3) is 0 Å². The van der Waals surface area contributed by atoms with Crippen LogP contribution in [0.1, 0.15) is 46.2 Å². The number of hydrogen-bond donors (Lipinski definition) is 0. The van der Waals surface area contributed by atoms with Crippen molar-refractivity contribution in [3.63, 3.8) is 0 Å². The predicted octanol–water partition coefficient (Wildman–Crippen LogP) is 5.54. The summed E-state index contributed by atoms with van der Waals surface area (Å²) in [6.07, 6.45) is 1.67. The Kier molecular flexibility index (Phi) is 4.73. The molecule has 0 bridgehead atoms. The van der Waals surface area contributed by atoms with Crippen LogP contribution in [0.2, 0.25) is 0 Å². The van der Waals surface area contributed by atoms with Crippen molar-refractivity contribution in [1.29, 1.82) is 0 Å². The van der Waals surface area contributed by atoms with E-state index in [1.54, 1.807) is 30.2 Å². The average Bonchev–Trinajstić information content (AvgIpc) is 3.15. The molecule has 3 aromatic rings. The van der Waals surface area contributed by atoms with Gasteiger partial charge in [0.05, 0.1) is 16.1 Å². The van der Waals surface area contributed by atoms with Gasteiger partial charge in [0, 0.05) is 17.4 Å². The first-order valence-electron chi connectivity index (χ1n) is 8.52. The lowest BCUT2D eigenvalue weighted by Gasteiger charge is -2.19. The molecule has 0 N–H and O–H groups in total. The van der Waals surface area contributed by atoms with Crippen LogP contribution in [0.15, 0.2) is 45.9 Å². The fourth-order valence-electron chi connectivity index (χ4n) is 2.58. The molecule has 138 valence electrons. The summed E-state index contributed by atoms with van der Waals surface area (Å²) in [5.74, 6) is 0.386. The van der Waals surface area contributed by atoms with Crippen molar-refractivity contribution in [3.8, 4) is 11.4 Å². The van der Waals surface area contributed by atoms with E-state index in [1.807, 2.05) is 25.6 Å². The average molecular weight is 373 g/mol. The number of oxazole rings is 1. The molecule has 4 nitrogen and oxygen atoms in total. The molecule has 0 aliphatic heterocycles. The van der Waals surface area contributed by atoms with Crippen molar-refractivity contribution in [2.45, 2.75) is 49.7 Å². The summed E-state index contributed by atoms with van der Waals surface area (Å²) in [5.41, 5.74) is 2.67. The number of aromatic nitrogens is 3. The summed E-state index contributed by atoms with van der Waals surface area (Å²) in [7, 11) is 1.91. The zero-order valence-electron chi connectivity index (χ0n) is 16.0. The van der Waals surface area contributed by atoms with Gasteiger partial charge in [0.2, 0.25) is 5.89 Å². The van der Waals surface area contributed by atoms with Gasteiger partial charge in [-0.25, -0.2) is 9.37 Å². The van der Waals surface area contributed by atoms with Crippen molar-refractivity contribution < 1.29 is 8.81 Å². The first-order chi connectivity index (χ1) is 12.1. The molecule has 26 heavy (non-hydrogen) atoms. The van der Waals surface area contributed by atoms with Gasteiger partial charge < -0.3 is 4.42 Å². The highest BCUT2D eigenvalue weighted by Crippen LogP contribution is 2.41.